The van der Waals surface area contributed by atoms with Crippen molar-refractivity contribution in [3.63, 3.8) is 0 Å². The van der Waals surface area contributed by atoms with Crippen LogP contribution < -0.4 is 0 Å². The molecule has 134 valence electrons. The van der Waals surface area contributed by atoms with Crippen LogP contribution in [0.4, 0.5) is 0 Å². The number of carbonyl (C=O) groups is 1. The maximum absolute atomic E-state index is 11.1. The first kappa shape index (κ1) is 18.6. The van der Waals surface area contributed by atoms with E-state index in [-0.39, 0.29) is 12.0 Å². The second kappa shape index (κ2) is 7.44. The SMILES string of the molecule is CC(C)C1CC[C@@H](C)C[C@H]1O[C@@H]1O[C@H](C(=O)O)[C@@H](O)[C@H](O)[C@H]1O. The number of aliphatic hydroxyl groups is 3. The average Bonchev–Trinajstić information content (AvgIpc) is 2.47. The minimum absolute atomic E-state index is 0.171. The van der Waals surface area contributed by atoms with E-state index >= 15 is 0 Å². The highest BCUT2D eigenvalue weighted by atomic mass is 16.7. The lowest BCUT2D eigenvalue weighted by Gasteiger charge is -2.43. The van der Waals surface area contributed by atoms with Gasteiger partial charge in [-0.05, 0) is 30.6 Å². The molecule has 0 aromatic heterocycles. The first-order chi connectivity index (χ1) is 10.7. The van der Waals surface area contributed by atoms with Gasteiger partial charge in [-0.2, -0.15) is 0 Å². The summed E-state index contributed by atoms with van der Waals surface area (Å²) in [5, 5.41) is 38.7. The van der Waals surface area contributed by atoms with Gasteiger partial charge < -0.3 is 29.9 Å². The first-order valence-electron chi connectivity index (χ1n) is 8.30. The minimum Gasteiger partial charge on any atom is -0.479 e. The van der Waals surface area contributed by atoms with Gasteiger partial charge in [0.15, 0.2) is 12.4 Å². The van der Waals surface area contributed by atoms with Gasteiger partial charge in [-0.1, -0.05) is 27.2 Å². The van der Waals surface area contributed by atoms with E-state index in [2.05, 4.69) is 20.8 Å². The molecule has 7 heteroatoms. The fraction of sp³-hybridized carbons (Fsp3) is 0.938. The number of rotatable bonds is 4. The van der Waals surface area contributed by atoms with Crippen LogP contribution in [-0.2, 0) is 14.3 Å². The predicted molar refractivity (Wildman–Crippen MR) is 80.5 cm³/mol. The van der Waals surface area contributed by atoms with Gasteiger partial charge in [-0.15, -0.1) is 0 Å². The highest BCUT2D eigenvalue weighted by Gasteiger charge is 2.48. The van der Waals surface area contributed by atoms with Crippen molar-refractivity contribution in [3.8, 4) is 0 Å². The fourth-order valence-corrected chi connectivity index (χ4v) is 3.61. The highest BCUT2D eigenvalue weighted by molar-refractivity contribution is 5.73. The number of ether oxygens (including phenoxy) is 2. The Morgan fingerprint density at radius 1 is 1.13 bits per heavy atom. The smallest absolute Gasteiger partial charge is 0.335 e. The molecule has 8 atom stereocenters. The Balaban J connectivity index is 2.11. The summed E-state index contributed by atoms with van der Waals surface area (Å²) in [6, 6.07) is 0. The van der Waals surface area contributed by atoms with Gasteiger partial charge >= 0.3 is 5.97 Å². The summed E-state index contributed by atoms with van der Waals surface area (Å²) in [4.78, 5) is 11.1. The van der Waals surface area contributed by atoms with Crippen LogP contribution in [0.15, 0.2) is 0 Å². The molecule has 0 bridgehead atoms. The molecule has 1 aliphatic heterocycles. The number of aliphatic carboxylic acids is 1. The summed E-state index contributed by atoms with van der Waals surface area (Å²) in [5.74, 6) is -0.246. The third-order valence-electron chi connectivity index (χ3n) is 5.08. The summed E-state index contributed by atoms with van der Waals surface area (Å²) in [5.41, 5.74) is 0. The standard InChI is InChI=1S/C16H28O7/c1-7(2)9-5-4-8(3)6-10(9)22-16-13(19)11(17)12(18)14(23-16)15(20)21/h7-14,16-19H,4-6H2,1-3H3,(H,20,21)/t8-,9?,10-,11+,12+,13-,14+,16-/m1/s1. The third-order valence-corrected chi connectivity index (χ3v) is 5.08. The van der Waals surface area contributed by atoms with Crippen molar-refractivity contribution < 1.29 is 34.7 Å². The second-order valence-corrected chi connectivity index (χ2v) is 7.24. The molecule has 1 saturated heterocycles. The Hall–Kier alpha value is -0.730. The zero-order valence-electron chi connectivity index (χ0n) is 13.8. The summed E-state index contributed by atoms with van der Waals surface area (Å²) < 4.78 is 11.1. The summed E-state index contributed by atoms with van der Waals surface area (Å²) in [6.45, 7) is 6.34. The Morgan fingerprint density at radius 3 is 2.35 bits per heavy atom. The first-order valence-corrected chi connectivity index (χ1v) is 8.30. The maximum Gasteiger partial charge on any atom is 0.335 e. The van der Waals surface area contributed by atoms with Crippen molar-refractivity contribution in [2.45, 2.75) is 76.8 Å². The van der Waals surface area contributed by atoms with Crippen LogP contribution in [-0.4, -0.2) is 63.2 Å². The van der Waals surface area contributed by atoms with Gasteiger partial charge in [0, 0.05) is 0 Å². The van der Waals surface area contributed by atoms with Crippen LogP contribution in [0.1, 0.15) is 40.0 Å². The topological polar surface area (TPSA) is 116 Å². The lowest BCUT2D eigenvalue weighted by molar-refractivity contribution is -0.311. The molecule has 0 aromatic carbocycles. The summed E-state index contributed by atoms with van der Waals surface area (Å²) >= 11 is 0. The predicted octanol–water partition coefficient (Wildman–Crippen LogP) is 0.356. The number of carboxylic acids is 1. The van der Waals surface area contributed by atoms with E-state index in [1.54, 1.807) is 0 Å². The van der Waals surface area contributed by atoms with Crippen molar-refractivity contribution in [1.29, 1.82) is 0 Å². The second-order valence-electron chi connectivity index (χ2n) is 7.24. The van der Waals surface area contributed by atoms with Gasteiger partial charge in [0.05, 0.1) is 6.10 Å². The molecule has 4 N–H and O–H groups in total. The largest absolute Gasteiger partial charge is 0.479 e. The van der Waals surface area contributed by atoms with Crippen LogP contribution >= 0.6 is 0 Å². The Bertz CT molecular complexity index is 413. The van der Waals surface area contributed by atoms with Gasteiger partial charge in [0.2, 0.25) is 0 Å². The highest BCUT2D eigenvalue weighted by Crippen LogP contribution is 2.37. The molecule has 1 saturated carbocycles. The molecule has 0 radical (unpaired) electrons. The van der Waals surface area contributed by atoms with Crippen molar-refractivity contribution in [1.82, 2.24) is 0 Å². The Labute approximate surface area is 136 Å². The maximum atomic E-state index is 11.1. The van der Waals surface area contributed by atoms with E-state index in [9.17, 15) is 20.1 Å². The number of carboxylic acid groups (broad SMARTS) is 1. The molecule has 0 spiro atoms. The zero-order chi connectivity index (χ0) is 17.3. The van der Waals surface area contributed by atoms with E-state index in [0.717, 1.165) is 19.3 Å². The molecule has 23 heavy (non-hydrogen) atoms. The van der Waals surface area contributed by atoms with Gasteiger partial charge in [0.25, 0.3) is 0 Å². The minimum atomic E-state index is -1.69. The van der Waals surface area contributed by atoms with E-state index in [1.165, 1.54) is 0 Å². The van der Waals surface area contributed by atoms with E-state index in [4.69, 9.17) is 14.6 Å². The van der Waals surface area contributed by atoms with Gasteiger partial charge in [0.1, 0.15) is 18.3 Å². The van der Waals surface area contributed by atoms with E-state index in [0.29, 0.717) is 11.8 Å². The monoisotopic (exact) mass is 332 g/mol. The van der Waals surface area contributed by atoms with Crippen LogP contribution in [0.25, 0.3) is 0 Å². The van der Waals surface area contributed by atoms with Crippen LogP contribution in [0, 0.1) is 17.8 Å². The Kier molecular flexibility index (Phi) is 6.02. The lowest BCUT2D eigenvalue weighted by atomic mass is 9.75. The van der Waals surface area contributed by atoms with Crippen molar-refractivity contribution in [2.75, 3.05) is 0 Å². The van der Waals surface area contributed by atoms with Crippen LogP contribution in [0.2, 0.25) is 0 Å². The average molecular weight is 332 g/mol. The van der Waals surface area contributed by atoms with E-state index < -0.39 is 36.7 Å². The quantitative estimate of drug-likeness (QED) is 0.587. The molecular formula is C16H28O7. The van der Waals surface area contributed by atoms with Crippen LogP contribution in [0.5, 0.6) is 0 Å². The lowest BCUT2D eigenvalue weighted by Crippen LogP contribution is -2.61. The van der Waals surface area contributed by atoms with Crippen LogP contribution in [0.3, 0.4) is 0 Å². The number of hydrogen-bond donors (Lipinski definition) is 4. The van der Waals surface area contributed by atoms with Gasteiger partial charge in [-0.25, -0.2) is 4.79 Å². The molecule has 1 unspecified atom stereocenters. The Morgan fingerprint density at radius 2 is 1.78 bits per heavy atom. The van der Waals surface area contributed by atoms with Gasteiger partial charge in [-0.3, -0.25) is 0 Å². The molecule has 2 fully saturated rings. The van der Waals surface area contributed by atoms with Crippen molar-refractivity contribution in [2.24, 2.45) is 17.8 Å². The van der Waals surface area contributed by atoms with Crippen molar-refractivity contribution >= 4 is 5.97 Å². The molecule has 2 aliphatic rings. The molecular weight excluding hydrogens is 304 g/mol. The zero-order valence-corrected chi connectivity index (χ0v) is 13.8. The summed E-state index contributed by atoms with van der Waals surface area (Å²) in [7, 11) is 0. The molecule has 1 aliphatic carbocycles. The normalized spacial score (nSPS) is 45.2. The number of hydrogen-bond acceptors (Lipinski definition) is 6. The van der Waals surface area contributed by atoms with Crippen molar-refractivity contribution in [3.05, 3.63) is 0 Å². The third kappa shape index (κ3) is 4.03. The molecule has 0 amide bonds. The fourth-order valence-electron chi connectivity index (χ4n) is 3.61. The molecule has 0 aromatic rings. The molecule has 2 rings (SSSR count). The number of aliphatic hydroxyl groups excluding tert-OH is 3. The molecule has 1 heterocycles. The molecule has 7 nitrogen and oxygen atoms in total. The van der Waals surface area contributed by atoms with E-state index in [1.807, 2.05) is 0 Å². The summed E-state index contributed by atoms with van der Waals surface area (Å²) in [6.07, 6.45) is -4.92.